The van der Waals surface area contributed by atoms with Crippen LogP contribution in [0.2, 0.25) is 0 Å². The SMILES string of the molecule is CCCCCn1nc(C(=O)NNC(=O)c2ccc(=O)n(CCCC)n2)c2ccccc2c1=O. The lowest BCUT2D eigenvalue weighted by Crippen LogP contribution is -2.43. The van der Waals surface area contributed by atoms with E-state index < -0.39 is 11.8 Å². The molecule has 1 aromatic carbocycles. The first-order chi connectivity index (χ1) is 16.0. The van der Waals surface area contributed by atoms with Crippen LogP contribution in [0.25, 0.3) is 10.8 Å². The summed E-state index contributed by atoms with van der Waals surface area (Å²) in [6.07, 6.45) is 4.32. The van der Waals surface area contributed by atoms with Crippen molar-refractivity contribution >= 4 is 22.6 Å². The molecule has 0 bridgehead atoms. The highest BCUT2D eigenvalue weighted by Crippen LogP contribution is 2.13. The molecule has 174 valence electrons. The van der Waals surface area contributed by atoms with Gasteiger partial charge in [-0.05, 0) is 25.0 Å². The monoisotopic (exact) mass is 452 g/mol. The third kappa shape index (κ3) is 5.71. The molecule has 3 aromatic rings. The molecule has 0 saturated carbocycles. The van der Waals surface area contributed by atoms with E-state index >= 15 is 0 Å². The summed E-state index contributed by atoms with van der Waals surface area (Å²) in [6, 6.07) is 9.29. The smallest absolute Gasteiger partial charge is 0.268 e. The van der Waals surface area contributed by atoms with Crippen LogP contribution in [0.4, 0.5) is 0 Å². The first-order valence-corrected chi connectivity index (χ1v) is 11.1. The second-order valence-electron chi connectivity index (χ2n) is 7.67. The zero-order valence-corrected chi connectivity index (χ0v) is 18.8. The molecular weight excluding hydrogens is 424 g/mol. The molecule has 0 saturated heterocycles. The van der Waals surface area contributed by atoms with Crippen molar-refractivity contribution in [3.8, 4) is 0 Å². The third-order valence-electron chi connectivity index (χ3n) is 5.17. The molecule has 2 N–H and O–H groups in total. The van der Waals surface area contributed by atoms with Gasteiger partial charge in [-0.2, -0.15) is 10.2 Å². The van der Waals surface area contributed by atoms with Crippen molar-refractivity contribution in [1.82, 2.24) is 30.4 Å². The van der Waals surface area contributed by atoms with Gasteiger partial charge in [-0.3, -0.25) is 30.0 Å². The van der Waals surface area contributed by atoms with Gasteiger partial charge in [0.15, 0.2) is 11.4 Å². The van der Waals surface area contributed by atoms with Crippen LogP contribution in [-0.2, 0) is 13.1 Å². The van der Waals surface area contributed by atoms with Gasteiger partial charge in [0.2, 0.25) is 0 Å². The molecule has 0 radical (unpaired) electrons. The Balaban J connectivity index is 1.81. The van der Waals surface area contributed by atoms with E-state index in [1.165, 1.54) is 21.5 Å². The maximum atomic E-state index is 12.9. The highest BCUT2D eigenvalue weighted by Gasteiger charge is 2.18. The summed E-state index contributed by atoms with van der Waals surface area (Å²) in [4.78, 5) is 50.0. The molecule has 0 aliphatic carbocycles. The average Bonchev–Trinajstić information content (AvgIpc) is 2.83. The van der Waals surface area contributed by atoms with E-state index in [1.54, 1.807) is 24.3 Å². The number of hydrogen-bond donors (Lipinski definition) is 2. The molecule has 2 aromatic heterocycles. The first kappa shape index (κ1) is 23.8. The number of fused-ring (bicyclic) bond motifs is 1. The van der Waals surface area contributed by atoms with E-state index in [2.05, 4.69) is 28.0 Å². The maximum Gasteiger partial charge on any atom is 0.290 e. The first-order valence-electron chi connectivity index (χ1n) is 11.1. The molecule has 10 heteroatoms. The number of aryl methyl sites for hydroxylation is 2. The highest BCUT2D eigenvalue weighted by atomic mass is 16.2. The Kier molecular flexibility index (Phi) is 8.06. The van der Waals surface area contributed by atoms with Crippen LogP contribution in [0.1, 0.15) is 66.9 Å². The number of amides is 2. The minimum atomic E-state index is -0.672. The van der Waals surface area contributed by atoms with E-state index in [0.717, 1.165) is 32.1 Å². The predicted molar refractivity (Wildman–Crippen MR) is 124 cm³/mol. The summed E-state index contributed by atoms with van der Waals surface area (Å²) in [6.45, 7) is 4.84. The van der Waals surface area contributed by atoms with E-state index in [1.807, 2.05) is 6.92 Å². The molecule has 10 nitrogen and oxygen atoms in total. The Hall–Kier alpha value is -3.82. The molecule has 0 aliphatic heterocycles. The van der Waals surface area contributed by atoms with Gasteiger partial charge in [-0.15, -0.1) is 0 Å². The van der Waals surface area contributed by atoms with Gasteiger partial charge in [-0.25, -0.2) is 9.36 Å². The number of hydrogen-bond acceptors (Lipinski definition) is 6. The number of aromatic nitrogens is 4. The van der Waals surface area contributed by atoms with Gasteiger partial charge >= 0.3 is 0 Å². The van der Waals surface area contributed by atoms with Crippen molar-refractivity contribution in [2.45, 2.75) is 59.0 Å². The van der Waals surface area contributed by atoms with Gasteiger partial charge in [-0.1, -0.05) is 51.3 Å². The van der Waals surface area contributed by atoms with Crippen LogP contribution in [-0.4, -0.2) is 31.4 Å². The summed E-state index contributed by atoms with van der Waals surface area (Å²) >= 11 is 0. The normalized spacial score (nSPS) is 10.8. The van der Waals surface area contributed by atoms with Crippen LogP contribution >= 0.6 is 0 Å². The van der Waals surface area contributed by atoms with Crippen molar-refractivity contribution in [2.24, 2.45) is 0 Å². The van der Waals surface area contributed by atoms with E-state index in [0.29, 0.717) is 23.9 Å². The lowest BCUT2D eigenvalue weighted by Gasteiger charge is -2.12. The van der Waals surface area contributed by atoms with Crippen LogP contribution in [0.3, 0.4) is 0 Å². The molecule has 3 rings (SSSR count). The largest absolute Gasteiger partial charge is 0.290 e. The fourth-order valence-corrected chi connectivity index (χ4v) is 3.34. The third-order valence-corrected chi connectivity index (χ3v) is 5.17. The fraction of sp³-hybridized carbons (Fsp3) is 0.391. The Morgan fingerprint density at radius 2 is 1.45 bits per heavy atom. The van der Waals surface area contributed by atoms with Crippen LogP contribution < -0.4 is 22.0 Å². The topological polar surface area (TPSA) is 128 Å². The fourth-order valence-electron chi connectivity index (χ4n) is 3.34. The highest BCUT2D eigenvalue weighted by molar-refractivity contribution is 6.05. The van der Waals surface area contributed by atoms with Crippen LogP contribution in [0.5, 0.6) is 0 Å². The number of nitrogens with one attached hydrogen (secondary N) is 2. The number of rotatable bonds is 9. The van der Waals surface area contributed by atoms with Crippen molar-refractivity contribution in [3.63, 3.8) is 0 Å². The van der Waals surface area contributed by atoms with Gasteiger partial charge in [0.25, 0.3) is 22.9 Å². The number of benzene rings is 1. The lowest BCUT2D eigenvalue weighted by molar-refractivity contribution is 0.0839. The standard InChI is InChI=1S/C23H28N6O4/c1-3-5-9-15-29-23(33)17-11-8-7-10-16(17)20(27-29)22(32)25-24-21(31)18-12-13-19(30)28(26-18)14-6-4-2/h7-8,10-13H,3-6,9,14-15H2,1-2H3,(H,24,31)(H,25,32). The summed E-state index contributed by atoms with van der Waals surface area (Å²) in [5.74, 6) is -1.34. The number of unbranched alkanes of at least 4 members (excludes halogenated alkanes) is 3. The summed E-state index contributed by atoms with van der Waals surface area (Å²) in [5.41, 5.74) is 4.10. The maximum absolute atomic E-state index is 12.9. The van der Waals surface area contributed by atoms with Crippen molar-refractivity contribution in [2.75, 3.05) is 0 Å². The molecule has 0 aliphatic rings. The van der Waals surface area contributed by atoms with Crippen LogP contribution in [0.15, 0.2) is 46.0 Å². The molecule has 0 unspecified atom stereocenters. The van der Waals surface area contributed by atoms with E-state index in [9.17, 15) is 19.2 Å². The number of hydrazine groups is 1. The van der Waals surface area contributed by atoms with E-state index in [4.69, 9.17) is 0 Å². The molecule has 33 heavy (non-hydrogen) atoms. The van der Waals surface area contributed by atoms with Crippen LogP contribution in [0, 0.1) is 0 Å². The Morgan fingerprint density at radius 3 is 2.18 bits per heavy atom. The van der Waals surface area contributed by atoms with Crippen molar-refractivity contribution in [3.05, 3.63) is 68.5 Å². The zero-order chi connectivity index (χ0) is 23.8. The van der Waals surface area contributed by atoms with Crippen molar-refractivity contribution in [1.29, 1.82) is 0 Å². The average molecular weight is 453 g/mol. The minimum Gasteiger partial charge on any atom is -0.268 e. The molecule has 0 spiro atoms. The second-order valence-corrected chi connectivity index (χ2v) is 7.67. The van der Waals surface area contributed by atoms with Gasteiger partial charge in [0.05, 0.1) is 5.39 Å². The summed E-state index contributed by atoms with van der Waals surface area (Å²) < 4.78 is 2.52. The Labute approximate surface area is 190 Å². The number of nitrogens with zero attached hydrogens (tertiary/aromatic N) is 4. The lowest BCUT2D eigenvalue weighted by atomic mass is 10.1. The Morgan fingerprint density at radius 1 is 0.788 bits per heavy atom. The molecule has 0 fully saturated rings. The second kappa shape index (κ2) is 11.2. The van der Waals surface area contributed by atoms with Crippen molar-refractivity contribution < 1.29 is 9.59 Å². The van der Waals surface area contributed by atoms with Gasteiger partial charge < -0.3 is 0 Å². The predicted octanol–water partition coefficient (Wildman–Crippen LogP) is 2.02. The molecule has 2 amide bonds. The number of carbonyl (C=O) groups is 2. The Bertz CT molecular complexity index is 1260. The number of carbonyl (C=O) groups excluding carboxylic acids is 2. The molecule has 0 atom stereocenters. The molecular formula is C23H28N6O4. The zero-order valence-electron chi connectivity index (χ0n) is 18.8. The molecule has 2 heterocycles. The summed E-state index contributed by atoms with van der Waals surface area (Å²) in [7, 11) is 0. The quantitative estimate of drug-likeness (QED) is 0.378. The van der Waals surface area contributed by atoms with Gasteiger partial charge in [0.1, 0.15) is 0 Å². The van der Waals surface area contributed by atoms with Gasteiger partial charge in [0, 0.05) is 24.5 Å². The van der Waals surface area contributed by atoms with E-state index in [-0.39, 0.29) is 22.5 Å². The minimum absolute atomic E-state index is 0.00615. The summed E-state index contributed by atoms with van der Waals surface area (Å²) in [5, 5.41) is 9.10.